The van der Waals surface area contributed by atoms with Crippen molar-refractivity contribution < 1.29 is 17.7 Å². The number of nitro benzene ring substituents is 1. The highest BCUT2D eigenvalue weighted by Crippen LogP contribution is 2.29. The number of benzene rings is 1. The summed E-state index contributed by atoms with van der Waals surface area (Å²) < 4.78 is 40.3. The highest BCUT2D eigenvalue weighted by Gasteiger charge is 2.32. The maximum Gasteiger partial charge on any atom is 0.276 e. The lowest BCUT2D eigenvalue weighted by Crippen LogP contribution is -2.42. The second kappa shape index (κ2) is 6.50. The lowest BCUT2D eigenvalue weighted by molar-refractivity contribution is -0.385. The number of nitro groups is 1. The van der Waals surface area contributed by atoms with Crippen LogP contribution in [0, 0.1) is 28.8 Å². The molecule has 1 aromatic rings. The molecule has 0 saturated carbocycles. The van der Waals surface area contributed by atoms with Gasteiger partial charge in [-0.05, 0) is 38.7 Å². The van der Waals surface area contributed by atoms with Gasteiger partial charge >= 0.3 is 0 Å². The molecule has 1 fully saturated rings. The summed E-state index contributed by atoms with van der Waals surface area (Å²) in [5.41, 5.74) is 5.12. The van der Waals surface area contributed by atoms with Gasteiger partial charge in [0.05, 0.1) is 15.4 Å². The van der Waals surface area contributed by atoms with Gasteiger partial charge in [0.2, 0.25) is 10.0 Å². The Bertz CT molecular complexity index is 713. The summed E-state index contributed by atoms with van der Waals surface area (Å²) in [5.74, 6) is -0.659. The molecule has 1 saturated heterocycles. The minimum Gasteiger partial charge on any atom is -0.328 e. The highest BCUT2D eigenvalue weighted by molar-refractivity contribution is 7.89. The molecule has 1 aromatic carbocycles. The molecule has 128 valence electrons. The maximum absolute atomic E-state index is 13.9. The van der Waals surface area contributed by atoms with E-state index < -0.39 is 26.5 Å². The summed E-state index contributed by atoms with van der Waals surface area (Å²) in [6.45, 7) is 3.68. The Balaban J connectivity index is 2.32. The molecule has 0 bridgehead atoms. The molecule has 7 nitrogen and oxygen atoms in total. The van der Waals surface area contributed by atoms with Gasteiger partial charge in [-0.1, -0.05) is 0 Å². The van der Waals surface area contributed by atoms with Crippen LogP contribution < -0.4 is 5.73 Å². The zero-order valence-corrected chi connectivity index (χ0v) is 13.8. The van der Waals surface area contributed by atoms with E-state index in [9.17, 15) is 22.9 Å². The zero-order chi connectivity index (χ0) is 17.4. The first-order chi connectivity index (χ1) is 10.6. The molecular weight excluding hydrogens is 325 g/mol. The molecule has 2 N–H and O–H groups in total. The second-order valence-electron chi connectivity index (χ2n) is 5.91. The third-order valence-corrected chi connectivity index (χ3v) is 6.24. The van der Waals surface area contributed by atoms with Crippen molar-refractivity contribution in [2.45, 2.75) is 37.6 Å². The monoisotopic (exact) mass is 345 g/mol. The van der Waals surface area contributed by atoms with Gasteiger partial charge in [0.15, 0.2) is 0 Å². The molecule has 1 atom stereocenters. The Morgan fingerprint density at radius 3 is 2.43 bits per heavy atom. The van der Waals surface area contributed by atoms with Crippen LogP contribution in [-0.2, 0) is 10.0 Å². The fraction of sp³-hybridized carbons (Fsp3) is 0.571. The fourth-order valence-corrected chi connectivity index (χ4v) is 4.27. The standard InChI is InChI=1S/C14H20FN3O4S/c1-9-13(15)7-12(8-14(9)18(19)20)23(21,22)17-5-3-11(4-6-17)10(2)16/h7-8,10-11H,3-6,16H2,1-2H3. The molecule has 1 aliphatic heterocycles. The molecule has 0 aliphatic carbocycles. The first kappa shape index (κ1) is 17.8. The van der Waals surface area contributed by atoms with Gasteiger partial charge in [0.25, 0.3) is 5.69 Å². The van der Waals surface area contributed by atoms with Crippen LogP contribution in [0.3, 0.4) is 0 Å². The van der Waals surface area contributed by atoms with Crippen molar-refractivity contribution in [3.8, 4) is 0 Å². The van der Waals surface area contributed by atoms with E-state index in [2.05, 4.69) is 0 Å². The molecule has 1 unspecified atom stereocenters. The number of hydrogen-bond acceptors (Lipinski definition) is 5. The van der Waals surface area contributed by atoms with Crippen molar-refractivity contribution in [3.05, 3.63) is 33.6 Å². The van der Waals surface area contributed by atoms with Gasteiger partial charge in [0.1, 0.15) is 5.82 Å². The summed E-state index contributed by atoms with van der Waals surface area (Å²) in [6, 6.07) is 1.75. The van der Waals surface area contributed by atoms with Crippen LogP contribution in [0.4, 0.5) is 10.1 Å². The Morgan fingerprint density at radius 1 is 1.39 bits per heavy atom. The van der Waals surface area contributed by atoms with Gasteiger partial charge < -0.3 is 5.73 Å². The molecule has 0 spiro atoms. The van der Waals surface area contributed by atoms with Crippen LogP contribution in [-0.4, -0.2) is 36.8 Å². The Kier molecular flexibility index (Phi) is 5.02. The number of rotatable bonds is 4. The van der Waals surface area contributed by atoms with E-state index >= 15 is 0 Å². The first-order valence-corrected chi connectivity index (χ1v) is 8.79. The minimum atomic E-state index is -3.96. The van der Waals surface area contributed by atoms with Crippen molar-refractivity contribution >= 4 is 15.7 Å². The van der Waals surface area contributed by atoms with E-state index in [-0.39, 0.29) is 35.5 Å². The fourth-order valence-electron chi connectivity index (χ4n) is 2.77. The number of piperidine rings is 1. The van der Waals surface area contributed by atoms with Crippen molar-refractivity contribution in [2.24, 2.45) is 11.7 Å². The average Bonchev–Trinajstić information content (AvgIpc) is 2.49. The normalized spacial score (nSPS) is 18.8. The summed E-state index contributed by atoms with van der Waals surface area (Å²) in [7, 11) is -3.96. The van der Waals surface area contributed by atoms with Crippen LogP contribution >= 0.6 is 0 Å². The lowest BCUT2D eigenvalue weighted by Gasteiger charge is -2.32. The van der Waals surface area contributed by atoms with Gasteiger partial charge in [-0.3, -0.25) is 10.1 Å². The van der Waals surface area contributed by atoms with Crippen molar-refractivity contribution in [3.63, 3.8) is 0 Å². The largest absolute Gasteiger partial charge is 0.328 e. The molecule has 2 rings (SSSR count). The van der Waals surface area contributed by atoms with E-state index in [1.807, 2.05) is 6.92 Å². The van der Waals surface area contributed by atoms with E-state index in [1.165, 1.54) is 11.2 Å². The summed E-state index contributed by atoms with van der Waals surface area (Å²) >= 11 is 0. The van der Waals surface area contributed by atoms with E-state index in [0.29, 0.717) is 12.8 Å². The number of nitrogens with two attached hydrogens (primary N) is 1. The summed E-state index contributed by atoms with van der Waals surface area (Å²) in [5, 5.41) is 11.0. The van der Waals surface area contributed by atoms with Crippen LogP contribution in [0.5, 0.6) is 0 Å². The third-order valence-electron chi connectivity index (χ3n) is 4.37. The maximum atomic E-state index is 13.9. The average molecular weight is 345 g/mol. The topological polar surface area (TPSA) is 107 Å². The predicted molar refractivity (Wildman–Crippen MR) is 82.9 cm³/mol. The first-order valence-electron chi connectivity index (χ1n) is 7.35. The predicted octanol–water partition coefficient (Wildman–Crippen LogP) is 1.79. The van der Waals surface area contributed by atoms with Crippen LogP contribution in [0.1, 0.15) is 25.3 Å². The Morgan fingerprint density at radius 2 is 1.96 bits per heavy atom. The highest BCUT2D eigenvalue weighted by atomic mass is 32.2. The van der Waals surface area contributed by atoms with Crippen molar-refractivity contribution in [1.29, 1.82) is 0 Å². The van der Waals surface area contributed by atoms with Crippen LogP contribution in [0.2, 0.25) is 0 Å². The Labute approximate surface area is 134 Å². The number of halogens is 1. The molecule has 1 aliphatic rings. The second-order valence-corrected chi connectivity index (χ2v) is 7.84. The Hall–Kier alpha value is -1.58. The SMILES string of the molecule is Cc1c(F)cc(S(=O)(=O)N2CCC(C(C)N)CC2)cc1[N+](=O)[O-]. The molecule has 0 amide bonds. The van der Waals surface area contributed by atoms with Crippen molar-refractivity contribution in [2.75, 3.05) is 13.1 Å². The van der Waals surface area contributed by atoms with Crippen LogP contribution in [0.15, 0.2) is 17.0 Å². The molecular formula is C14H20FN3O4S. The van der Waals surface area contributed by atoms with Gasteiger partial charge in [-0.2, -0.15) is 4.31 Å². The quantitative estimate of drug-likeness (QED) is 0.661. The smallest absolute Gasteiger partial charge is 0.276 e. The lowest BCUT2D eigenvalue weighted by atomic mass is 9.92. The molecule has 0 aromatic heterocycles. The van der Waals surface area contributed by atoms with E-state index in [4.69, 9.17) is 5.73 Å². The van der Waals surface area contributed by atoms with Crippen LogP contribution in [0.25, 0.3) is 0 Å². The van der Waals surface area contributed by atoms with E-state index in [1.54, 1.807) is 0 Å². The minimum absolute atomic E-state index is 0.0160. The van der Waals surface area contributed by atoms with Crippen molar-refractivity contribution in [1.82, 2.24) is 4.31 Å². The van der Waals surface area contributed by atoms with Gasteiger partial charge in [-0.25, -0.2) is 12.8 Å². The van der Waals surface area contributed by atoms with Gasteiger partial charge in [-0.15, -0.1) is 0 Å². The summed E-state index contributed by atoms with van der Waals surface area (Å²) in [4.78, 5) is 9.80. The van der Waals surface area contributed by atoms with E-state index in [0.717, 1.165) is 12.1 Å². The molecule has 9 heteroatoms. The molecule has 1 heterocycles. The molecule has 23 heavy (non-hydrogen) atoms. The number of hydrogen-bond donors (Lipinski definition) is 1. The zero-order valence-electron chi connectivity index (χ0n) is 13.0. The summed E-state index contributed by atoms with van der Waals surface area (Å²) in [6.07, 6.45) is 1.24. The van der Waals surface area contributed by atoms with Gasteiger partial charge in [0, 0.05) is 25.2 Å². The third kappa shape index (κ3) is 3.51. The number of nitrogens with zero attached hydrogens (tertiary/aromatic N) is 2. The number of sulfonamides is 1. The molecule has 0 radical (unpaired) electrons.